The van der Waals surface area contributed by atoms with Crippen LogP contribution < -0.4 is 10.5 Å². The Morgan fingerprint density at radius 3 is 2.58 bits per heavy atom. The smallest absolute Gasteiger partial charge is 0.293 e. The molecule has 1 aromatic carbocycles. The van der Waals surface area contributed by atoms with Crippen LogP contribution >= 0.6 is 11.8 Å². The van der Waals surface area contributed by atoms with Crippen molar-refractivity contribution < 1.29 is 20.1 Å². The van der Waals surface area contributed by atoms with Crippen LogP contribution in [0.1, 0.15) is 5.56 Å². The Labute approximate surface area is 115 Å². The Kier molecular flexibility index (Phi) is 4.24. The lowest BCUT2D eigenvalue weighted by molar-refractivity contribution is -0.367. The Bertz CT molecular complexity index is 525. The van der Waals surface area contributed by atoms with E-state index >= 15 is 0 Å². The zero-order valence-electron chi connectivity index (χ0n) is 10.6. The number of rotatable bonds is 4. The molecule has 0 radical (unpaired) electrons. The molecule has 1 heterocycles. The lowest BCUT2D eigenvalue weighted by Crippen LogP contribution is -2.55. The van der Waals surface area contributed by atoms with Gasteiger partial charge in [-0.15, -0.1) is 0 Å². The van der Waals surface area contributed by atoms with Crippen LogP contribution in [0.3, 0.4) is 0 Å². The van der Waals surface area contributed by atoms with Crippen molar-refractivity contribution in [3.8, 4) is 5.75 Å². The van der Waals surface area contributed by atoms with Gasteiger partial charge in [0.05, 0.1) is 25.1 Å². The molecule has 2 rings (SSSR count). The average Bonchev–Trinajstić information content (AvgIpc) is 2.68. The molecule has 0 spiro atoms. The van der Waals surface area contributed by atoms with Crippen LogP contribution in [-0.2, 0) is 4.79 Å². The number of quaternary nitrogens is 1. The third-order valence-electron chi connectivity index (χ3n) is 2.67. The van der Waals surface area contributed by atoms with Gasteiger partial charge >= 0.3 is 0 Å². The molecule has 100 valence electrons. The number of methoxy groups -OCH3 is 1. The fourth-order valence-electron chi connectivity index (χ4n) is 1.70. The fraction of sp³-hybridized carbons (Fsp3) is 0.231. The Morgan fingerprint density at radius 1 is 1.32 bits per heavy atom. The number of hydrogen-bond donors (Lipinski definition) is 1. The summed E-state index contributed by atoms with van der Waals surface area (Å²) in [4.78, 5) is 25.3. The van der Waals surface area contributed by atoms with Crippen LogP contribution in [-0.4, -0.2) is 36.2 Å². The number of amides is 2. The third-order valence-corrected chi connectivity index (χ3v) is 3.58. The van der Waals surface area contributed by atoms with Crippen molar-refractivity contribution in [3.63, 3.8) is 0 Å². The summed E-state index contributed by atoms with van der Waals surface area (Å²) in [7, 11) is 1.60. The largest absolute Gasteiger partial charge is 0.497 e. The minimum atomic E-state index is -0.241. The number of carbonyl (C=O) groups is 2. The predicted octanol–water partition coefficient (Wildman–Crippen LogP) is 0.973. The Morgan fingerprint density at radius 2 is 2.00 bits per heavy atom. The van der Waals surface area contributed by atoms with E-state index in [0.29, 0.717) is 18.0 Å². The normalized spacial score (nSPS) is 17.4. The van der Waals surface area contributed by atoms with E-state index in [1.54, 1.807) is 13.2 Å². The molecule has 0 saturated carbocycles. The first-order valence-electron chi connectivity index (χ1n) is 5.84. The topological polar surface area (TPSA) is 74.2 Å². The van der Waals surface area contributed by atoms with Gasteiger partial charge < -0.3 is 10.5 Å². The van der Waals surface area contributed by atoms with Crippen LogP contribution in [0.5, 0.6) is 5.75 Å². The van der Waals surface area contributed by atoms with Gasteiger partial charge in [0.2, 0.25) is 0 Å². The van der Waals surface area contributed by atoms with Crippen LogP contribution in [0.15, 0.2) is 29.2 Å². The molecule has 0 bridgehead atoms. The second kappa shape index (κ2) is 5.90. The van der Waals surface area contributed by atoms with Crippen molar-refractivity contribution in [2.75, 3.05) is 20.2 Å². The van der Waals surface area contributed by atoms with E-state index in [4.69, 9.17) is 4.74 Å². The average molecular weight is 279 g/mol. The number of benzene rings is 1. The summed E-state index contributed by atoms with van der Waals surface area (Å²) in [5.41, 5.74) is 4.52. The zero-order chi connectivity index (χ0) is 13.8. The quantitative estimate of drug-likeness (QED) is 0.834. The van der Waals surface area contributed by atoms with Gasteiger partial charge in [0.1, 0.15) is 5.75 Å². The van der Waals surface area contributed by atoms with Gasteiger partial charge in [-0.25, -0.2) is 0 Å². The molecule has 1 fully saturated rings. The minimum Gasteiger partial charge on any atom is -0.497 e. The number of ether oxygens (including phenoxy) is 1. The maximum atomic E-state index is 12.0. The predicted molar refractivity (Wildman–Crippen MR) is 73.4 cm³/mol. The maximum Gasteiger partial charge on any atom is 0.293 e. The maximum absolute atomic E-state index is 12.0. The highest BCUT2D eigenvalue weighted by molar-refractivity contribution is 8.18. The van der Waals surface area contributed by atoms with Crippen molar-refractivity contribution >= 4 is 29.0 Å². The summed E-state index contributed by atoms with van der Waals surface area (Å²) in [5.74, 6) is 0.511. The molecule has 0 aliphatic carbocycles. The molecule has 0 unspecified atom stereocenters. The molecule has 0 atom stereocenters. The fourth-order valence-corrected chi connectivity index (χ4v) is 2.57. The number of nitrogens with zero attached hydrogens (tertiary/aromatic N) is 1. The van der Waals surface area contributed by atoms with Crippen molar-refractivity contribution in [3.05, 3.63) is 34.7 Å². The van der Waals surface area contributed by atoms with Gasteiger partial charge in [0, 0.05) is 0 Å². The van der Waals surface area contributed by atoms with E-state index < -0.39 is 0 Å². The second-order valence-electron chi connectivity index (χ2n) is 3.96. The second-order valence-corrected chi connectivity index (χ2v) is 4.95. The van der Waals surface area contributed by atoms with E-state index in [-0.39, 0.29) is 11.1 Å². The van der Waals surface area contributed by atoms with Crippen molar-refractivity contribution in [1.29, 1.82) is 0 Å². The van der Waals surface area contributed by atoms with Crippen LogP contribution in [0, 0.1) is 0 Å². The van der Waals surface area contributed by atoms with Crippen LogP contribution in [0.4, 0.5) is 4.79 Å². The highest BCUT2D eigenvalue weighted by Crippen LogP contribution is 2.31. The van der Waals surface area contributed by atoms with Gasteiger partial charge in [-0.3, -0.25) is 14.5 Å². The molecule has 1 aromatic rings. The minimum absolute atomic E-state index is 0.228. The van der Waals surface area contributed by atoms with Gasteiger partial charge in [-0.05, 0) is 35.5 Å². The number of carbonyl (C=O) groups excluding carboxylic acids is 2. The molecule has 1 aliphatic rings. The summed E-state index contributed by atoms with van der Waals surface area (Å²) < 4.78 is 5.06. The lowest BCUT2D eigenvalue weighted by Gasteiger charge is -2.08. The van der Waals surface area contributed by atoms with Gasteiger partial charge in [0.15, 0.2) is 0 Å². The van der Waals surface area contributed by atoms with E-state index in [2.05, 4.69) is 5.73 Å². The van der Waals surface area contributed by atoms with Crippen molar-refractivity contribution in [1.82, 2.24) is 4.90 Å². The lowest BCUT2D eigenvalue weighted by atomic mass is 10.2. The zero-order valence-corrected chi connectivity index (χ0v) is 11.4. The molecule has 1 saturated heterocycles. The first-order valence-corrected chi connectivity index (χ1v) is 6.66. The highest BCUT2D eigenvalue weighted by atomic mass is 32.2. The third kappa shape index (κ3) is 2.97. The van der Waals surface area contributed by atoms with E-state index in [1.807, 2.05) is 24.3 Å². The first kappa shape index (κ1) is 13.6. The highest BCUT2D eigenvalue weighted by Gasteiger charge is 2.34. The number of imide groups is 1. The Balaban J connectivity index is 2.19. The molecule has 2 amide bonds. The van der Waals surface area contributed by atoms with Gasteiger partial charge in [-0.2, -0.15) is 0 Å². The van der Waals surface area contributed by atoms with Gasteiger partial charge in [-0.1, -0.05) is 12.1 Å². The van der Waals surface area contributed by atoms with Crippen molar-refractivity contribution in [2.24, 2.45) is 0 Å². The summed E-state index contributed by atoms with van der Waals surface area (Å²) in [5, 5.41) is -0.228. The molecule has 1 aliphatic heterocycles. The number of thioether (sulfide) groups is 1. The summed E-state index contributed by atoms with van der Waals surface area (Å²) >= 11 is 0.966. The monoisotopic (exact) mass is 279 g/mol. The molecule has 19 heavy (non-hydrogen) atoms. The summed E-state index contributed by atoms with van der Waals surface area (Å²) in [6.45, 7) is 0.887. The van der Waals surface area contributed by atoms with Crippen LogP contribution in [0.25, 0.3) is 6.08 Å². The van der Waals surface area contributed by atoms with E-state index in [0.717, 1.165) is 23.1 Å². The standard InChI is InChI=1S/C13H14N2O3S/c1-18-10-4-2-9(3-5-10)8-11-12(16)15(7-6-14)13(17)19-11/h2-5,8H,6-7,14H2,1H3/p+1/b11-8+. The van der Waals surface area contributed by atoms with Crippen LogP contribution in [0.2, 0.25) is 0 Å². The molecule has 5 nitrogen and oxygen atoms in total. The van der Waals surface area contributed by atoms with E-state index in [9.17, 15) is 9.59 Å². The summed E-state index contributed by atoms with van der Waals surface area (Å²) in [6.07, 6.45) is 1.72. The Hall–Kier alpha value is -1.79. The van der Waals surface area contributed by atoms with Gasteiger partial charge in [0.25, 0.3) is 11.1 Å². The summed E-state index contributed by atoms with van der Waals surface area (Å²) in [6, 6.07) is 7.31. The number of hydrogen-bond acceptors (Lipinski definition) is 4. The first-order chi connectivity index (χ1) is 9.15. The molecule has 0 aromatic heterocycles. The van der Waals surface area contributed by atoms with Crippen molar-refractivity contribution in [2.45, 2.75) is 0 Å². The molecular formula is C13H15N2O3S+. The molecule has 3 N–H and O–H groups in total. The van der Waals surface area contributed by atoms with E-state index in [1.165, 1.54) is 4.90 Å². The SMILES string of the molecule is COc1ccc(/C=C2/SC(=O)N(CC[NH3+])C2=O)cc1. The molecule has 6 heteroatoms. The molecular weight excluding hydrogens is 264 g/mol.